The summed E-state index contributed by atoms with van der Waals surface area (Å²) < 4.78 is 13.7. The lowest BCUT2D eigenvalue weighted by molar-refractivity contribution is -0.113. The van der Waals surface area contributed by atoms with Crippen molar-refractivity contribution in [3.05, 3.63) is 101 Å². The third-order valence-electron chi connectivity index (χ3n) is 6.37. The van der Waals surface area contributed by atoms with Crippen LogP contribution in [0.1, 0.15) is 44.4 Å². The van der Waals surface area contributed by atoms with Crippen LogP contribution in [0.4, 0.5) is 11.6 Å². The molecule has 0 bridgehead atoms. The summed E-state index contributed by atoms with van der Waals surface area (Å²) >= 11 is 1.60. The minimum absolute atomic E-state index is 0.248. The average molecular weight is 556 g/mol. The van der Waals surface area contributed by atoms with Gasteiger partial charge in [0.15, 0.2) is 0 Å². The van der Waals surface area contributed by atoms with Crippen LogP contribution < -0.4 is 20.1 Å². The summed E-state index contributed by atoms with van der Waals surface area (Å²) in [6, 6.07) is 24.8. The van der Waals surface area contributed by atoms with Gasteiger partial charge in [0.2, 0.25) is 11.1 Å². The highest BCUT2D eigenvalue weighted by Gasteiger charge is 2.35. The standard InChI is InChI=1S/C31H33N5O3S/c1-4-18-40-31-34-30-32-21(3)27(29(37)33-25-16-9-10-17-26(25)38-5-2)28(36(30)35-31)23-14-11-15-24(19-23)39-20-22-12-7-6-8-13-22/h6-17,19,28H,4-5,18,20H2,1-3H3,(H,33,37)(H,32,34,35). The number of hydrogen-bond donors (Lipinski definition) is 2. The van der Waals surface area contributed by atoms with Gasteiger partial charge in [-0.2, -0.15) is 4.98 Å². The Bertz CT molecular complexity index is 1500. The van der Waals surface area contributed by atoms with Crippen molar-refractivity contribution in [2.24, 2.45) is 0 Å². The second-order valence-corrected chi connectivity index (χ2v) is 10.4. The summed E-state index contributed by atoms with van der Waals surface area (Å²) in [5.41, 5.74) is 3.80. The zero-order valence-corrected chi connectivity index (χ0v) is 23.7. The molecule has 1 aliphatic heterocycles. The van der Waals surface area contributed by atoms with Gasteiger partial charge in [0.1, 0.15) is 24.1 Å². The van der Waals surface area contributed by atoms with Crippen molar-refractivity contribution in [2.45, 2.75) is 45.0 Å². The Kier molecular flexibility index (Phi) is 8.71. The van der Waals surface area contributed by atoms with E-state index in [1.165, 1.54) is 0 Å². The van der Waals surface area contributed by atoms with E-state index in [0.717, 1.165) is 23.3 Å². The zero-order valence-electron chi connectivity index (χ0n) is 22.9. The van der Waals surface area contributed by atoms with E-state index in [9.17, 15) is 4.79 Å². The van der Waals surface area contributed by atoms with Gasteiger partial charge in [-0.1, -0.05) is 73.3 Å². The van der Waals surface area contributed by atoms with Gasteiger partial charge in [-0.05, 0) is 55.7 Å². The SMILES string of the molecule is CCCSc1nc2n(n1)C(c1cccc(OCc3ccccc3)c1)C(C(=O)Nc1ccccc1OCC)=C(C)N2. The predicted molar refractivity (Wildman–Crippen MR) is 159 cm³/mol. The fraction of sp³-hybridized carbons (Fsp3) is 0.258. The van der Waals surface area contributed by atoms with Gasteiger partial charge in [0, 0.05) is 11.4 Å². The molecule has 1 amide bonds. The quantitative estimate of drug-likeness (QED) is 0.199. The van der Waals surface area contributed by atoms with Crippen LogP contribution in [0.3, 0.4) is 0 Å². The molecule has 1 aromatic heterocycles. The lowest BCUT2D eigenvalue weighted by Gasteiger charge is -2.29. The third kappa shape index (κ3) is 6.15. The fourth-order valence-corrected chi connectivity index (χ4v) is 5.23. The molecule has 1 atom stereocenters. The van der Waals surface area contributed by atoms with E-state index in [0.29, 0.717) is 52.8 Å². The Hall–Kier alpha value is -4.24. The Morgan fingerprint density at radius 1 is 1.02 bits per heavy atom. The molecule has 2 N–H and O–H groups in total. The molecule has 40 heavy (non-hydrogen) atoms. The maximum absolute atomic E-state index is 13.9. The largest absolute Gasteiger partial charge is 0.492 e. The Labute approximate surface area is 238 Å². The van der Waals surface area contributed by atoms with E-state index < -0.39 is 6.04 Å². The van der Waals surface area contributed by atoms with Gasteiger partial charge >= 0.3 is 0 Å². The predicted octanol–water partition coefficient (Wildman–Crippen LogP) is 6.69. The molecule has 0 saturated heterocycles. The molecule has 0 fully saturated rings. The lowest BCUT2D eigenvalue weighted by Crippen LogP contribution is -2.31. The molecule has 9 heteroatoms. The normalized spacial score (nSPS) is 14.3. The van der Waals surface area contributed by atoms with Crippen LogP contribution >= 0.6 is 11.8 Å². The van der Waals surface area contributed by atoms with E-state index in [-0.39, 0.29) is 5.91 Å². The molecule has 4 aromatic rings. The van der Waals surface area contributed by atoms with E-state index in [4.69, 9.17) is 19.6 Å². The number of anilines is 2. The van der Waals surface area contributed by atoms with Gasteiger partial charge in [-0.3, -0.25) is 4.79 Å². The molecule has 2 heterocycles. The van der Waals surface area contributed by atoms with Gasteiger partial charge in [0.25, 0.3) is 5.91 Å². The van der Waals surface area contributed by atoms with Gasteiger partial charge in [-0.25, -0.2) is 4.68 Å². The van der Waals surface area contributed by atoms with E-state index in [1.54, 1.807) is 16.4 Å². The number of hydrogen-bond acceptors (Lipinski definition) is 7. The molecule has 206 valence electrons. The summed E-state index contributed by atoms with van der Waals surface area (Å²) in [7, 11) is 0. The number of amides is 1. The topological polar surface area (TPSA) is 90.3 Å². The van der Waals surface area contributed by atoms with Crippen LogP contribution in [0, 0.1) is 0 Å². The highest BCUT2D eigenvalue weighted by Crippen LogP contribution is 2.38. The van der Waals surface area contributed by atoms with E-state index in [2.05, 4.69) is 17.6 Å². The van der Waals surface area contributed by atoms with Crippen molar-refractivity contribution in [1.82, 2.24) is 14.8 Å². The number of para-hydroxylation sites is 2. The number of ether oxygens (including phenoxy) is 2. The monoisotopic (exact) mass is 555 g/mol. The van der Waals surface area contributed by atoms with E-state index >= 15 is 0 Å². The van der Waals surface area contributed by atoms with Crippen LogP contribution in [-0.2, 0) is 11.4 Å². The average Bonchev–Trinajstić information content (AvgIpc) is 3.38. The van der Waals surface area contributed by atoms with Crippen LogP contribution in [0.2, 0.25) is 0 Å². The number of nitrogens with one attached hydrogen (secondary N) is 2. The van der Waals surface area contributed by atoms with Crippen LogP contribution in [-0.4, -0.2) is 33.0 Å². The number of rotatable bonds is 11. The number of fused-ring (bicyclic) bond motifs is 1. The second-order valence-electron chi connectivity index (χ2n) is 9.31. The fourth-order valence-electron chi connectivity index (χ4n) is 4.54. The summed E-state index contributed by atoms with van der Waals surface area (Å²) in [5.74, 6) is 2.59. The maximum Gasteiger partial charge on any atom is 0.255 e. The van der Waals surface area contributed by atoms with Crippen LogP contribution in [0.15, 0.2) is 95.3 Å². The van der Waals surface area contributed by atoms with Crippen LogP contribution in [0.5, 0.6) is 11.5 Å². The first-order valence-electron chi connectivity index (χ1n) is 13.4. The molecule has 0 radical (unpaired) electrons. The third-order valence-corrected chi connectivity index (χ3v) is 7.41. The number of benzene rings is 3. The van der Waals surface area contributed by atoms with E-state index in [1.807, 2.05) is 92.7 Å². The zero-order chi connectivity index (χ0) is 27.9. The summed E-state index contributed by atoms with van der Waals surface area (Å²) in [6.07, 6.45) is 1.01. The molecule has 0 saturated carbocycles. The summed E-state index contributed by atoms with van der Waals surface area (Å²) in [6.45, 7) is 6.87. The summed E-state index contributed by atoms with van der Waals surface area (Å²) in [4.78, 5) is 18.7. The molecule has 8 nitrogen and oxygen atoms in total. The van der Waals surface area contributed by atoms with Crippen molar-refractivity contribution in [3.8, 4) is 11.5 Å². The van der Waals surface area contributed by atoms with Gasteiger partial charge in [0.05, 0.1) is 17.9 Å². The van der Waals surface area contributed by atoms with Gasteiger partial charge < -0.3 is 20.1 Å². The molecular weight excluding hydrogens is 522 g/mol. The minimum atomic E-state index is -0.515. The Morgan fingerprint density at radius 3 is 2.62 bits per heavy atom. The first-order valence-corrected chi connectivity index (χ1v) is 14.4. The molecule has 3 aromatic carbocycles. The Morgan fingerprint density at radius 2 is 1.82 bits per heavy atom. The molecular formula is C31H33N5O3S. The number of nitrogens with zero attached hydrogens (tertiary/aromatic N) is 3. The minimum Gasteiger partial charge on any atom is -0.492 e. The first kappa shape index (κ1) is 27.3. The highest BCUT2D eigenvalue weighted by molar-refractivity contribution is 7.99. The molecule has 0 spiro atoms. The smallest absolute Gasteiger partial charge is 0.255 e. The number of carbonyl (C=O) groups excluding carboxylic acids is 1. The highest BCUT2D eigenvalue weighted by atomic mass is 32.2. The summed E-state index contributed by atoms with van der Waals surface area (Å²) in [5, 5.41) is 11.9. The van der Waals surface area contributed by atoms with Crippen molar-refractivity contribution in [3.63, 3.8) is 0 Å². The first-order chi connectivity index (χ1) is 19.6. The number of thioether (sulfide) groups is 1. The number of carbonyl (C=O) groups is 1. The molecule has 1 aliphatic rings. The van der Waals surface area contributed by atoms with Crippen LogP contribution in [0.25, 0.3) is 0 Å². The molecule has 5 rings (SSSR count). The van der Waals surface area contributed by atoms with Crippen molar-refractivity contribution >= 4 is 29.3 Å². The molecule has 1 unspecified atom stereocenters. The molecule has 0 aliphatic carbocycles. The Balaban J connectivity index is 1.50. The van der Waals surface area contributed by atoms with Crippen molar-refractivity contribution in [1.29, 1.82) is 0 Å². The number of allylic oxidation sites excluding steroid dienone is 1. The second kappa shape index (κ2) is 12.7. The number of aromatic nitrogens is 3. The van der Waals surface area contributed by atoms with Crippen molar-refractivity contribution in [2.75, 3.05) is 23.0 Å². The van der Waals surface area contributed by atoms with Gasteiger partial charge in [-0.15, -0.1) is 5.10 Å². The maximum atomic E-state index is 13.9. The van der Waals surface area contributed by atoms with Crippen molar-refractivity contribution < 1.29 is 14.3 Å². The lowest BCUT2D eigenvalue weighted by atomic mass is 9.94.